The second-order valence-corrected chi connectivity index (χ2v) is 4.63. The molecule has 0 aliphatic rings. The van der Waals surface area contributed by atoms with Gasteiger partial charge in [-0.15, -0.1) is 0 Å². The van der Waals surface area contributed by atoms with Crippen molar-refractivity contribution in [1.29, 1.82) is 0 Å². The smallest absolute Gasteiger partial charge is 0.170 e. The van der Waals surface area contributed by atoms with Gasteiger partial charge in [-0.1, -0.05) is 41.9 Å². The van der Waals surface area contributed by atoms with Crippen LogP contribution in [0.2, 0.25) is 5.15 Å². The molecule has 2 aromatic rings. The van der Waals surface area contributed by atoms with E-state index in [0.717, 1.165) is 24.0 Å². The lowest BCUT2D eigenvalue weighted by molar-refractivity contribution is 0.111. The number of nitrogens with one attached hydrogen (secondary N) is 1. The molecule has 1 N–H and O–H groups in total. The van der Waals surface area contributed by atoms with E-state index in [1.807, 2.05) is 37.4 Å². The predicted molar refractivity (Wildman–Crippen MR) is 75.8 cm³/mol. The summed E-state index contributed by atoms with van der Waals surface area (Å²) in [6.45, 7) is 1.33. The number of aldehydes is 1. The van der Waals surface area contributed by atoms with Gasteiger partial charge in [0, 0.05) is 5.56 Å². The highest BCUT2D eigenvalue weighted by molar-refractivity contribution is 6.30. The Bertz CT molecular complexity index is 551. The van der Waals surface area contributed by atoms with Gasteiger partial charge in [0.25, 0.3) is 0 Å². The number of carbonyl (C=O) groups is 1. The van der Waals surface area contributed by atoms with E-state index in [1.54, 1.807) is 4.68 Å². The number of aromatic nitrogens is 2. The maximum Gasteiger partial charge on any atom is 0.170 e. The molecule has 1 aromatic heterocycles. The second kappa shape index (κ2) is 6.50. The van der Waals surface area contributed by atoms with E-state index in [-0.39, 0.29) is 0 Å². The monoisotopic (exact) mass is 277 g/mol. The quantitative estimate of drug-likeness (QED) is 0.823. The molecule has 0 fully saturated rings. The molecule has 4 nitrogen and oxygen atoms in total. The number of benzene rings is 1. The Morgan fingerprint density at radius 2 is 2.11 bits per heavy atom. The van der Waals surface area contributed by atoms with Crippen molar-refractivity contribution in [2.75, 3.05) is 13.6 Å². The van der Waals surface area contributed by atoms with Gasteiger partial charge in [-0.25, -0.2) is 4.68 Å². The molecule has 0 saturated heterocycles. The highest BCUT2D eigenvalue weighted by Gasteiger charge is 2.15. The van der Waals surface area contributed by atoms with Gasteiger partial charge in [0.15, 0.2) is 6.29 Å². The molecule has 0 radical (unpaired) electrons. The SMILES string of the molecule is CNCCc1c(C=O)nn(Cc2ccccc2)c1Cl. The number of halogens is 1. The van der Waals surface area contributed by atoms with E-state index in [1.165, 1.54) is 0 Å². The maximum atomic E-state index is 11.1. The Morgan fingerprint density at radius 3 is 2.74 bits per heavy atom. The Kier molecular flexibility index (Phi) is 4.71. The van der Waals surface area contributed by atoms with Crippen molar-refractivity contribution in [3.8, 4) is 0 Å². The number of nitrogens with zero attached hydrogens (tertiary/aromatic N) is 2. The second-order valence-electron chi connectivity index (χ2n) is 4.27. The molecule has 19 heavy (non-hydrogen) atoms. The first-order valence-corrected chi connectivity index (χ1v) is 6.53. The summed E-state index contributed by atoms with van der Waals surface area (Å²) in [5, 5.41) is 7.85. The van der Waals surface area contributed by atoms with Crippen molar-refractivity contribution >= 4 is 17.9 Å². The molecule has 0 atom stereocenters. The van der Waals surface area contributed by atoms with Crippen LogP contribution in [0, 0.1) is 0 Å². The molecule has 0 unspecified atom stereocenters. The third-order valence-electron chi connectivity index (χ3n) is 2.93. The highest BCUT2D eigenvalue weighted by Crippen LogP contribution is 2.20. The molecule has 2 rings (SSSR count). The van der Waals surface area contributed by atoms with Crippen LogP contribution in [0.1, 0.15) is 21.6 Å². The normalized spacial score (nSPS) is 10.6. The summed E-state index contributed by atoms with van der Waals surface area (Å²) in [5.74, 6) is 0. The van der Waals surface area contributed by atoms with Crippen LogP contribution in [-0.4, -0.2) is 29.7 Å². The number of hydrogen-bond donors (Lipinski definition) is 1. The molecule has 0 spiro atoms. The van der Waals surface area contributed by atoms with Gasteiger partial charge in [0.2, 0.25) is 0 Å². The van der Waals surface area contributed by atoms with E-state index >= 15 is 0 Å². The number of hydrogen-bond acceptors (Lipinski definition) is 3. The lowest BCUT2D eigenvalue weighted by Gasteiger charge is -2.04. The van der Waals surface area contributed by atoms with Crippen LogP contribution < -0.4 is 5.32 Å². The third kappa shape index (κ3) is 3.22. The fourth-order valence-corrected chi connectivity index (χ4v) is 2.22. The molecule has 0 saturated carbocycles. The van der Waals surface area contributed by atoms with Gasteiger partial charge in [-0.2, -0.15) is 5.10 Å². The lowest BCUT2D eigenvalue weighted by atomic mass is 10.2. The van der Waals surface area contributed by atoms with Crippen molar-refractivity contribution in [2.24, 2.45) is 0 Å². The lowest BCUT2D eigenvalue weighted by Crippen LogP contribution is -2.11. The average Bonchev–Trinajstić information content (AvgIpc) is 2.74. The zero-order valence-corrected chi connectivity index (χ0v) is 11.5. The minimum atomic E-state index is 0.427. The van der Waals surface area contributed by atoms with E-state index in [2.05, 4.69) is 10.4 Å². The molecule has 0 amide bonds. The largest absolute Gasteiger partial charge is 0.319 e. The molecular formula is C14H16ClN3O. The Balaban J connectivity index is 2.26. The summed E-state index contributed by atoms with van der Waals surface area (Å²) in [7, 11) is 1.86. The van der Waals surface area contributed by atoms with E-state index in [0.29, 0.717) is 23.8 Å². The molecule has 5 heteroatoms. The van der Waals surface area contributed by atoms with Crippen LogP contribution in [0.5, 0.6) is 0 Å². The minimum absolute atomic E-state index is 0.427. The van der Waals surface area contributed by atoms with Gasteiger partial charge in [-0.3, -0.25) is 4.79 Å². The van der Waals surface area contributed by atoms with E-state index in [4.69, 9.17) is 11.6 Å². The molecule has 100 valence electrons. The third-order valence-corrected chi connectivity index (χ3v) is 3.35. The first-order valence-electron chi connectivity index (χ1n) is 6.15. The van der Waals surface area contributed by atoms with E-state index in [9.17, 15) is 4.79 Å². The van der Waals surface area contributed by atoms with E-state index < -0.39 is 0 Å². The zero-order chi connectivity index (χ0) is 13.7. The van der Waals surface area contributed by atoms with Gasteiger partial charge in [-0.05, 0) is 25.6 Å². The first-order chi connectivity index (χ1) is 9.26. The zero-order valence-electron chi connectivity index (χ0n) is 10.8. The predicted octanol–water partition coefficient (Wildman–Crippen LogP) is 2.16. The fourth-order valence-electron chi connectivity index (χ4n) is 1.93. The fraction of sp³-hybridized carbons (Fsp3) is 0.286. The summed E-state index contributed by atoms with van der Waals surface area (Å²) in [4.78, 5) is 11.1. The van der Waals surface area contributed by atoms with Gasteiger partial charge in [0.1, 0.15) is 10.8 Å². The summed E-state index contributed by atoms with van der Waals surface area (Å²) >= 11 is 6.31. The van der Waals surface area contributed by atoms with Crippen LogP contribution in [0.25, 0.3) is 0 Å². The Morgan fingerprint density at radius 1 is 1.37 bits per heavy atom. The van der Waals surface area contributed by atoms with Gasteiger partial charge >= 0.3 is 0 Å². The van der Waals surface area contributed by atoms with Gasteiger partial charge in [0.05, 0.1) is 6.54 Å². The number of likely N-dealkylation sites (N-methyl/N-ethyl adjacent to an activating group) is 1. The van der Waals surface area contributed by atoms with Crippen molar-refractivity contribution in [2.45, 2.75) is 13.0 Å². The van der Waals surface area contributed by atoms with Gasteiger partial charge < -0.3 is 5.32 Å². The van der Waals surface area contributed by atoms with Crippen LogP contribution in [0.4, 0.5) is 0 Å². The molecule has 1 heterocycles. The number of carbonyl (C=O) groups excluding carboxylic acids is 1. The van der Waals surface area contributed by atoms with Crippen LogP contribution in [0.15, 0.2) is 30.3 Å². The number of rotatable bonds is 6. The summed E-state index contributed by atoms with van der Waals surface area (Å²) < 4.78 is 1.67. The van der Waals surface area contributed by atoms with Crippen LogP contribution in [-0.2, 0) is 13.0 Å². The molecular weight excluding hydrogens is 262 g/mol. The maximum absolute atomic E-state index is 11.1. The van der Waals surface area contributed by atoms with Crippen LogP contribution in [0.3, 0.4) is 0 Å². The van der Waals surface area contributed by atoms with Crippen molar-refractivity contribution in [1.82, 2.24) is 15.1 Å². The standard InChI is InChI=1S/C14H16ClN3O/c1-16-8-7-12-13(10-19)17-18(14(12)15)9-11-5-3-2-4-6-11/h2-6,10,16H,7-9H2,1H3. The molecule has 0 aliphatic heterocycles. The first kappa shape index (κ1) is 13.8. The van der Waals surface area contributed by atoms with Crippen molar-refractivity contribution in [3.05, 3.63) is 52.3 Å². The summed E-state index contributed by atoms with van der Waals surface area (Å²) in [5.41, 5.74) is 2.34. The van der Waals surface area contributed by atoms with Crippen molar-refractivity contribution < 1.29 is 4.79 Å². The molecule has 1 aromatic carbocycles. The summed E-state index contributed by atoms with van der Waals surface area (Å²) in [6.07, 6.45) is 1.45. The summed E-state index contributed by atoms with van der Waals surface area (Å²) in [6, 6.07) is 9.91. The molecule has 0 aliphatic carbocycles. The molecule has 0 bridgehead atoms. The van der Waals surface area contributed by atoms with Crippen LogP contribution >= 0.6 is 11.6 Å². The minimum Gasteiger partial charge on any atom is -0.319 e. The topological polar surface area (TPSA) is 46.9 Å². The van der Waals surface area contributed by atoms with Crippen molar-refractivity contribution in [3.63, 3.8) is 0 Å². The Labute approximate surface area is 117 Å². The Hall–Kier alpha value is -1.65. The highest BCUT2D eigenvalue weighted by atomic mass is 35.5. The average molecular weight is 278 g/mol.